The number of amides is 1. The lowest BCUT2D eigenvalue weighted by Gasteiger charge is -2.10. The van der Waals surface area contributed by atoms with Crippen molar-refractivity contribution in [2.45, 2.75) is 17.1 Å². The first-order valence-electron chi connectivity index (χ1n) is 6.80. The third-order valence-electron chi connectivity index (χ3n) is 3.06. The van der Waals surface area contributed by atoms with Gasteiger partial charge in [-0.15, -0.1) is 11.8 Å². The van der Waals surface area contributed by atoms with Crippen LogP contribution in [-0.4, -0.2) is 16.1 Å². The first kappa shape index (κ1) is 14.9. The van der Waals surface area contributed by atoms with Crippen molar-refractivity contribution in [1.29, 1.82) is 0 Å². The molecule has 2 aromatic carbocycles. The van der Waals surface area contributed by atoms with Crippen molar-refractivity contribution in [1.82, 2.24) is 4.98 Å². The van der Waals surface area contributed by atoms with E-state index in [0.717, 1.165) is 15.1 Å². The number of nitrogens with two attached hydrogens (primary N) is 1. The normalized spacial score (nSPS) is 12.2. The lowest BCUT2D eigenvalue weighted by Crippen LogP contribution is -2.22. The highest BCUT2D eigenvalue weighted by molar-refractivity contribution is 8.00. The van der Waals surface area contributed by atoms with Crippen LogP contribution in [-0.2, 0) is 4.79 Å². The third kappa shape index (κ3) is 3.40. The lowest BCUT2D eigenvalue weighted by molar-refractivity contribution is -0.115. The first-order chi connectivity index (χ1) is 10.6. The molecule has 0 aliphatic carbocycles. The van der Waals surface area contributed by atoms with Crippen LogP contribution in [0, 0.1) is 0 Å². The molecule has 0 fully saturated rings. The highest BCUT2D eigenvalue weighted by Crippen LogP contribution is 2.28. The molecule has 1 atom stereocenters. The zero-order valence-corrected chi connectivity index (χ0v) is 13.6. The molecule has 0 aliphatic heterocycles. The quantitative estimate of drug-likeness (QED) is 0.561. The van der Waals surface area contributed by atoms with E-state index in [0.29, 0.717) is 10.8 Å². The number of aromatic nitrogens is 1. The number of anilines is 2. The number of nitrogens with zero attached hydrogens (tertiary/aromatic N) is 1. The van der Waals surface area contributed by atoms with Crippen LogP contribution in [0.15, 0.2) is 53.4 Å². The maximum Gasteiger partial charge on any atom is 0.239 e. The van der Waals surface area contributed by atoms with Crippen LogP contribution in [0.2, 0.25) is 0 Å². The predicted octanol–water partition coefficient (Wildman–Crippen LogP) is 4.00. The van der Waals surface area contributed by atoms with Crippen LogP contribution in [0.1, 0.15) is 6.92 Å². The monoisotopic (exact) mass is 329 g/mol. The number of benzene rings is 2. The fourth-order valence-electron chi connectivity index (χ4n) is 1.98. The molecule has 1 amide bonds. The summed E-state index contributed by atoms with van der Waals surface area (Å²) in [6, 6.07) is 15.4. The summed E-state index contributed by atoms with van der Waals surface area (Å²) < 4.78 is 1.06. The van der Waals surface area contributed by atoms with Crippen LogP contribution in [0.3, 0.4) is 0 Å². The Labute approximate surface area is 136 Å². The molecule has 3 rings (SSSR count). The summed E-state index contributed by atoms with van der Waals surface area (Å²) >= 11 is 2.96. The summed E-state index contributed by atoms with van der Waals surface area (Å²) in [5.41, 5.74) is 7.35. The summed E-state index contributed by atoms with van der Waals surface area (Å²) in [5.74, 6) is -0.0634. The van der Waals surface area contributed by atoms with E-state index in [9.17, 15) is 4.79 Å². The van der Waals surface area contributed by atoms with E-state index in [2.05, 4.69) is 10.3 Å². The largest absolute Gasteiger partial charge is 0.399 e. The number of carbonyl (C=O) groups is 1. The summed E-state index contributed by atoms with van der Waals surface area (Å²) in [4.78, 5) is 17.7. The Bertz CT molecular complexity index is 783. The Morgan fingerprint density at radius 2 is 2.09 bits per heavy atom. The van der Waals surface area contributed by atoms with Crippen LogP contribution in [0.4, 0.5) is 10.8 Å². The van der Waals surface area contributed by atoms with Gasteiger partial charge in [0.25, 0.3) is 0 Å². The van der Waals surface area contributed by atoms with Gasteiger partial charge >= 0.3 is 0 Å². The van der Waals surface area contributed by atoms with E-state index in [4.69, 9.17) is 5.73 Å². The minimum Gasteiger partial charge on any atom is -0.399 e. The van der Waals surface area contributed by atoms with Gasteiger partial charge in [-0.05, 0) is 37.3 Å². The van der Waals surface area contributed by atoms with E-state index in [1.54, 1.807) is 0 Å². The van der Waals surface area contributed by atoms with Crippen molar-refractivity contribution in [2.24, 2.45) is 0 Å². The van der Waals surface area contributed by atoms with Crippen LogP contribution < -0.4 is 11.1 Å². The number of thioether (sulfide) groups is 1. The molecule has 22 heavy (non-hydrogen) atoms. The fourth-order valence-corrected chi connectivity index (χ4v) is 3.78. The van der Waals surface area contributed by atoms with Gasteiger partial charge in [0.2, 0.25) is 5.91 Å². The average Bonchev–Trinajstić information content (AvgIpc) is 2.89. The van der Waals surface area contributed by atoms with Gasteiger partial charge < -0.3 is 11.1 Å². The average molecular weight is 329 g/mol. The van der Waals surface area contributed by atoms with E-state index < -0.39 is 0 Å². The number of rotatable bonds is 4. The van der Waals surface area contributed by atoms with E-state index in [1.807, 2.05) is 55.5 Å². The zero-order valence-electron chi connectivity index (χ0n) is 11.9. The van der Waals surface area contributed by atoms with Gasteiger partial charge in [0, 0.05) is 10.6 Å². The number of hydrogen-bond donors (Lipinski definition) is 2. The molecule has 1 aromatic heterocycles. The smallest absolute Gasteiger partial charge is 0.239 e. The fraction of sp³-hybridized carbons (Fsp3) is 0.125. The number of thiazole rings is 1. The number of fused-ring (bicyclic) bond motifs is 1. The second kappa shape index (κ2) is 6.37. The van der Waals surface area contributed by atoms with Gasteiger partial charge in [-0.1, -0.05) is 29.5 Å². The molecule has 6 heteroatoms. The molecule has 3 aromatic rings. The van der Waals surface area contributed by atoms with Crippen molar-refractivity contribution >= 4 is 50.0 Å². The maximum atomic E-state index is 12.3. The summed E-state index contributed by atoms with van der Waals surface area (Å²) in [6.45, 7) is 1.87. The standard InChI is InChI=1S/C16H15N3OS2/c1-10(21-12-6-4-5-11(17)9-12)15(20)19-16-18-13-7-2-3-8-14(13)22-16/h2-10H,17H2,1H3,(H,18,19,20). The van der Waals surface area contributed by atoms with E-state index in [-0.39, 0.29) is 11.2 Å². The van der Waals surface area contributed by atoms with E-state index in [1.165, 1.54) is 23.1 Å². The molecule has 112 valence electrons. The van der Waals surface area contributed by atoms with Gasteiger partial charge in [-0.25, -0.2) is 4.98 Å². The minimum absolute atomic E-state index is 0.0634. The second-order valence-corrected chi connectivity index (χ2v) is 7.25. The minimum atomic E-state index is -0.228. The predicted molar refractivity (Wildman–Crippen MR) is 94.4 cm³/mol. The van der Waals surface area contributed by atoms with Crippen molar-refractivity contribution in [3.05, 3.63) is 48.5 Å². The molecule has 1 heterocycles. The number of carbonyl (C=O) groups excluding carboxylic acids is 1. The number of hydrogen-bond acceptors (Lipinski definition) is 5. The molecule has 0 saturated carbocycles. The maximum absolute atomic E-state index is 12.3. The Morgan fingerprint density at radius 1 is 1.27 bits per heavy atom. The van der Waals surface area contributed by atoms with Gasteiger partial charge in [-0.3, -0.25) is 4.79 Å². The Balaban J connectivity index is 1.68. The SMILES string of the molecule is CC(Sc1cccc(N)c1)C(=O)Nc1nc2ccccc2s1. The van der Waals surface area contributed by atoms with Crippen molar-refractivity contribution in [2.75, 3.05) is 11.1 Å². The Kier molecular flexibility index (Phi) is 4.31. The topological polar surface area (TPSA) is 68.0 Å². The molecule has 3 N–H and O–H groups in total. The van der Waals surface area contributed by atoms with E-state index >= 15 is 0 Å². The van der Waals surface area contributed by atoms with Gasteiger partial charge in [-0.2, -0.15) is 0 Å². The van der Waals surface area contributed by atoms with Crippen LogP contribution in [0.25, 0.3) is 10.2 Å². The number of para-hydroxylation sites is 1. The molecule has 0 spiro atoms. The van der Waals surface area contributed by atoms with Gasteiger partial charge in [0.1, 0.15) is 0 Å². The van der Waals surface area contributed by atoms with Crippen LogP contribution in [0.5, 0.6) is 0 Å². The van der Waals surface area contributed by atoms with Crippen LogP contribution >= 0.6 is 23.1 Å². The van der Waals surface area contributed by atoms with Gasteiger partial charge in [0.05, 0.1) is 15.5 Å². The molecule has 4 nitrogen and oxygen atoms in total. The zero-order chi connectivity index (χ0) is 15.5. The van der Waals surface area contributed by atoms with Gasteiger partial charge in [0.15, 0.2) is 5.13 Å². The summed E-state index contributed by atoms with van der Waals surface area (Å²) in [5, 5.41) is 3.29. The van der Waals surface area contributed by atoms with Crippen molar-refractivity contribution in [3.8, 4) is 0 Å². The molecule has 0 radical (unpaired) electrons. The molecule has 0 aliphatic rings. The highest BCUT2D eigenvalue weighted by atomic mass is 32.2. The third-order valence-corrected chi connectivity index (χ3v) is 5.11. The lowest BCUT2D eigenvalue weighted by atomic mass is 10.3. The molecule has 0 bridgehead atoms. The first-order valence-corrected chi connectivity index (χ1v) is 8.50. The molecule has 0 saturated heterocycles. The Morgan fingerprint density at radius 3 is 2.86 bits per heavy atom. The number of nitrogens with one attached hydrogen (secondary N) is 1. The van der Waals surface area contributed by atoms with Crippen molar-refractivity contribution in [3.63, 3.8) is 0 Å². The second-order valence-electron chi connectivity index (χ2n) is 4.81. The summed E-state index contributed by atoms with van der Waals surface area (Å²) in [7, 11) is 0. The highest BCUT2D eigenvalue weighted by Gasteiger charge is 2.16. The number of nitrogen functional groups attached to an aromatic ring is 1. The molecular formula is C16H15N3OS2. The summed E-state index contributed by atoms with van der Waals surface area (Å²) in [6.07, 6.45) is 0. The van der Waals surface area contributed by atoms with Crippen molar-refractivity contribution < 1.29 is 4.79 Å². The molecular weight excluding hydrogens is 314 g/mol. The molecule has 1 unspecified atom stereocenters. The Hall–Kier alpha value is -2.05.